The van der Waals surface area contributed by atoms with Gasteiger partial charge in [-0.3, -0.25) is 0 Å². The molecule has 0 saturated carbocycles. The van der Waals surface area contributed by atoms with Crippen LogP contribution in [0.25, 0.3) is 5.69 Å². The third-order valence-electron chi connectivity index (χ3n) is 2.38. The average Bonchev–Trinajstić information content (AvgIpc) is 2.78. The fourth-order valence-corrected chi connectivity index (χ4v) is 1.74. The predicted molar refractivity (Wildman–Crippen MR) is 62.7 cm³/mol. The summed E-state index contributed by atoms with van der Waals surface area (Å²) >= 11 is 5.90. The summed E-state index contributed by atoms with van der Waals surface area (Å²) in [5, 5.41) is 16.8. The summed E-state index contributed by atoms with van der Waals surface area (Å²) < 4.78 is 1.44. The Morgan fingerprint density at radius 1 is 1.53 bits per heavy atom. The number of rotatable bonds is 3. The molecule has 0 saturated heterocycles. The number of benzene rings is 1. The molecule has 0 unspecified atom stereocenters. The third kappa shape index (κ3) is 2.29. The van der Waals surface area contributed by atoms with Crippen LogP contribution in [0.1, 0.15) is 23.0 Å². The molecule has 5 nitrogen and oxygen atoms in total. The Bertz CT molecular complexity index is 566. The van der Waals surface area contributed by atoms with Crippen molar-refractivity contribution < 1.29 is 9.90 Å². The summed E-state index contributed by atoms with van der Waals surface area (Å²) in [7, 11) is 0. The quantitative estimate of drug-likeness (QED) is 0.908. The van der Waals surface area contributed by atoms with Crippen LogP contribution in [0.15, 0.2) is 24.4 Å². The first-order valence-electron chi connectivity index (χ1n) is 5.06. The third-order valence-corrected chi connectivity index (χ3v) is 2.62. The lowest BCUT2D eigenvalue weighted by Gasteiger charge is -2.06. The summed E-state index contributed by atoms with van der Waals surface area (Å²) in [6.07, 6.45) is 2.16. The second-order valence-electron chi connectivity index (χ2n) is 3.48. The van der Waals surface area contributed by atoms with Gasteiger partial charge >= 0.3 is 5.97 Å². The number of carboxylic acids is 1. The van der Waals surface area contributed by atoms with Gasteiger partial charge in [0.05, 0.1) is 11.9 Å². The van der Waals surface area contributed by atoms with E-state index in [0.717, 1.165) is 17.7 Å². The van der Waals surface area contributed by atoms with Crippen LogP contribution in [-0.4, -0.2) is 26.1 Å². The minimum atomic E-state index is -1.09. The largest absolute Gasteiger partial charge is 0.476 e. The van der Waals surface area contributed by atoms with E-state index in [4.69, 9.17) is 16.7 Å². The van der Waals surface area contributed by atoms with Crippen molar-refractivity contribution in [2.75, 3.05) is 0 Å². The van der Waals surface area contributed by atoms with Gasteiger partial charge in [0.15, 0.2) is 5.69 Å². The molecular weight excluding hydrogens is 242 g/mol. The number of aromatic carboxylic acids is 1. The van der Waals surface area contributed by atoms with Crippen LogP contribution >= 0.6 is 11.6 Å². The molecule has 0 amide bonds. The molecule has 0 atom stereocenters. The zero-order chi connectivity index (χ0) is 12.4. The number of nitrogens with zero attached hydrogens (tertiary/aromatic N) is 3. The van der Waals surface area contributed by atoms with E-state index in [9.17, 15) is 4.79 Å². The van der Waals surface area contributed by atoms with Crippen molar-refractivity contribution in [2.45, 2.75) is 13.3 Å². The molecule has 1 aromatic heterocycles. The minimum absolute atomic E-state index is 0.0815. The van der Waals surface area contributed by atoms with Gasteiger partial charge in [0.2, 0.25) is 0 Å². The van der Waals surface area contributed by atoms with Crippen LogP contribution in [0, 0.1) is 0 Å². The van der Waals surface area contributed by atoms with Gasteiger partial charge in [0, 0.05) is 5.02 Å². The first kappa shape index (κ1) is 11.6. The van der Waals surface area contributed by atoms with E-state index in [1.165, 1.54) is 10.9 Å². The van der Waals surface area contributed by atoms with E-state index >= 15 is 0 Å². The zero-order valence-corrected chi connectivity index (χ0v) is 9.85. The van der Waals surface area contributed by atoms with Gasteiger partial charge in [0.1, 0.15) is 0 Å². The predicted octanol–water partition coefficient (Wildman–Crippen LogP) is 2.18. The van der Waals surface area contributed by atoms with E-state index in [2.05, 4.69) is 10.3 Å². The van der Waals surface area contributed by atoms with Crippen molar-refractivity contribution in [1.29, 1.82) is 0 Å². The zero-order valence-electron chi connectivity index (χ0n) is 9.09. The Morgan fingerprint density at radius 3 is 2.88 bits per heavy atom. The fraction of sp³-hybridized carbons (Fsp3) is 0.182. The van der Waals surface area contributed by atoms with Crippen LogP contribution in [0.2, 0.25) is 5.02 Å². The Hall–Kier alpha value is -1.88. The topological polar surface area (TPSA) is 68.0 Å². The highest BCUT2D eigenvalue weighted by atomic mass is 35.5. The Kier molecular flexibility index (Phi) is 3.10. The maximum atomic E-state index is 10.7. The monoisotopic (exact) mass is 251 g/mol. The standard InChI is InChI=1S/C11H10ClN3O2/c1-2-7-5-8(12)3-4-10(7)15-6-9(11(16)17)13-14-15/h3-6H,2H2,1H3,(H,16,17). The second kappa shape index (κ2) is 4.55. The van der Waals surface area contributed by atoms with Crippen LogP contribution in [0.5, 0.6) is 0 Å². The molecule has 6 heteroatoms. The second-order valence-corrected chi connectivity index (χ2v) is 3.92. The lowest BCUT2D eigenvalue weighted by Crippen LogP contribution is -2.00. The van der Waals surface area contributed by atoms with E-state index in [0.29, 0.717) is 5.02 Å². The van der Waals surface area contributed by atoms with E-state index in [-0.39, 0.29) is 5.69 Å². The highest BCUT2D eigenvalue weighted by molar-refractivity contribution is 6.30. The molecule has 0 bridgehead atoms. The molecule has 0 aliphatic rings. The van der Waals surface area contributed by atoms with Crippen LogP contribution in [-0.2, 0) is 6.42 Å². The van der Waals surface area contributed by atoms with Crippen molar-refractivity contribution in [3.05, 3.63) is 40.7 Å². The first-order chi connectivity index (χ1) is 8.11. The summed E-state index contributed by atoms with van der Waals surface area (Å²) in [4.78, 5) is 10.7. The molecule has 88 valence electrons. The molecule has 0 radical (unpaired) electrons. The number of hydrogen-bond acceptors (Lipinski definition) is 3. The lowest BCUT2D eigenvalue weighted by atomic mass is 10.1. The van der Waals surface area contributed by atoms with E-state index in [1.807, 2.05) is 13.0 Å². The number of halogens is 1. The number of aromatic nitrogens is 3. The summed E-state index contributed by atoms with van der Waals surface area (Å²) in [6.45, 7) is 1.99. The van der Waals surface area contributed by atoms with Crippen LogP contribution in [0.3, 0.4) is 0 Å². The first-order valence-corrected chi connectivity index (χ1v) is 5.44. The van der Waals surface area contributed by atoms with E-state index in [1.54, 1.807) is 12.1 Å². The molecule has 2 rings (SSSR count). The van der Waals surface area contributed by atoms with Crippen molar-refractivity contribution in [3.8, 4) is 5.69 Å². The van der Waals surface area contributed by atoms with E-state index < -0.39 is 5.97 Å². The summed E-state index contributed by atoms with van der Waals surface area (Å²) in [5.41, 5.74) is 1.69. The van der Waals surface area contributed by atoms with Crippen LogP contribution in [0.4, 0.5) is 0 Å². The smallest absolute Gasteiger partial charge is 0.358 e. The molecule has 0 fully saturated rings. The Labute approximate surface area is 103 Å². The van der Waals surface area contributed by atoms with Gasteiger partial charge in [-0.25, -0.2) is 9.48 Å². The number of hydrogen-bond donors (Lipinski definition) is 1. The maximum absolute atomic E-state index is 10.7. The van der Waals surface area contributed by atoms with Gasteiger partial charge in [-0.2, -0.15) is 0 Å². The molecule has 2 aromatic rings. The summed E-state index contributed by atoms with van der Waals surface area (Å²) in [6, 6.07) is 5.36. The maximum Gasteiger partial charge on any atom is 0.358 e. The van der Waals surface area contributed by atoms with Crippen molar-refractivity contribution in [1.82, 2.24) is 15.0 Å². The van der Waals surface area contributed by atoms with Gasteiger partial charge < -0.3 is 5.11 Å². The highest BCUT2D eigenvalue weighted by Crippen LogP contribution is 2.19. The molecule has 1 heterocycles. The Morgan fingerprint density at radius 2 is 2.29 bits per heavy atom. The van der Waals surface area contributed by atoms with Crippen molar-refractivity contribution in [2.24, 2.45) is 0 Å². The normalized spacial score (nSPS) is 10.5. The number of aryl methyl sites for hydroxylation is 1. The average molecular weight is 252 g/mol. The molecule has 0 aliphatic heterocycles. The molecule has 0 aliphatic carbocycles. The molecule has 17 heavy (non-hydrogen) atoms. The lowest BCUT2D eigenvalue weighted by molar-refractivity contribution is 0.0690. The Balaban J connectivity index is 2.48. The number of carboxylic acid groups (broad SMARTS) is 1. The van der Waals surface area contributed by atoms with Crippen molar-refractivity contribution in [3.63, 3.8) is 0 Å². The SMILES string of the molecule is CCc1cc(Cl)ccc1-n1cc(C(=O)O)nn1. The van der Waals surface area contributed by atoms with Gasteiger partial charge in [-0.15, -0.1) is 5.10 Å². The summed E-state index contributed by atoms with van der Waals surface area (Å²) in [5.74, 6) is -1.09. The van der Waals surface area contributed by atoms with Crippen LogP contribution < -0.4 is 0 Å². The highest BCUT2D eigenvalue weighted by Gasteiger charge is 2.11. The van der Waals surface area contributed by atoms with Gasteiger partial charge in [-0.1, -0.05) is 23.7 Å². The van der Waals surface area contributed by atoms with Gasteiger partial charge in [0.25, 0.3) is 0 Å². The molecule has 1 aromatic carbocycles. The molecule has 1 N–H and O–H groups in total. The fourth-order valence-electron chi connectivity index (χ4n) is 1.54. The van der Waals surface area contributed by atoms with Gasteiger partial charge in [-0.05, 0) is 30.2 Å². The minimum Gasteiger partial charge on any atom is -0.476 e. The van der Waals surface area contributed by atoms with Crippen molar-refractivity contribution >= 4 is 17.6 Å². The molecular formula is C11H10ClN3O2. The molecule has 0 spiro atoms. The number of carbonyl (C=O) groups is 1.